The summed E-state index contributed by atoms with van der Waals surface area (Å²) in [6, 6.07) is 3.67. The number of hydrogen-bond donors (Lipinski definition) is 1. The van der Waals surface area contributed by atoms with Gasteiger partial charge in [0.05, 0.1) is 32.1 Å². The van der Waals surface area contributed by atoms with Crippen LogP contribution in [0.15, 0.2) is 18.3 Å². The van der Waals surface area contributed by atoms with Gasteiger partial charge in [0.15, 0.2) is 0 Å². The number of carbonyl (C=O) groups is 1. The number of hydrogen-bond acceptors (Lipinski definition) is 6. The second-order valence-electron chi connectivity index (χ2n) is 6.19. The third-order valence-electron chi connectivity index (χ3n) is 4.22. The molecule has 7 heteroatoms. The van der Waals surface area contributed by atoms with E-state index in [-0.39, 0.29) is 18.1 Å². The fraction of sp³-hybridized carbons (Fsp3) is 0.647. The highest BCUT2D eigenvalue weighted by Crippen LogP contribution is 2.18. The first-order chi connectivity index (χ1) is 11.7. The van der Waals surface area contributed by atoms with Gasteiger partial charge in [-0.1, -0.05) is 0 Å². The van der Waals surface area contributed by atoms with Crippen LogP contribution in [0.1, 0.15) is 25.0 Å². The van der Waals surface area contributed by atoms with Crippen molar-refractivity contribution in [2.24, 2.45) is 0 Å². The predicted molar refractivity (Wildman–Crippen MR) is 87.5 cm³/mol. The van der Waals surface area contributed by atoms with Crippen LogP contribution in [0.5, 0.6) is 5.75 Å². The van der Waals surface area contributed by atoms with Crippen molar-refractivity contribution in [3.05, 3.63) is 24.0 Å². The first kappa shape index (κ1) is 17.1. The number of pyridine rings is 1. The molecular formula is C17H25N3O4. The van der Waals surface area contributed by atoms with Crippen LogP contribution in [-0.2, 0) is 14.4 Å². The molecule has 1 amide bonds. The Morgan fingerprint density at radius 1 is 1.46 bits per heavy atom. The van der Waals surface area contributed by atoms with Crippen LogP contribution in [0.25, 0.3) is 0 Å². The Morgan fingerprint density at radius 3 is 3.12 bits per heavy atom. The summed E-state index contributed by atoms with van der Waals surface area (Å²) < 4.78 is 11.5. The van der Waals surface area contributed by atoms with Gasteiger partial charge in [-0.05, 0) is 25.5 Å². The van der Waals surface area contributed by atoms with E-state index in [1.807, 2.05) is 24.1 Å². The number of nitrogens with one attached hydrogen (secondary N) is 1. The van der Waals surface area contributed by atoms with Gasteiger partial charge < -0.3 is 14.8 Å². The number of aryl methyl sites for hydroxylation is 1. The van der Waals surface area contributed by atoms with Gasteiger partial charge in [-0.3, -0.25) is 14.6 Å². The lowest BCUT2D eigenvalue weighted by molar-refractivity contribution is -0.132. The fourth-order valence-electron chi connectivity index (χ4n) is 2.87. The molecule has 2 saturated heterocycles. The Labute approximate surface area is 142 Å². The van der Waals surface area contributed by atoms with E-state index in [0.717, 1.165) is 37.4 Å². The lowest BCUT2D eigenvalue weighted by Crippen LogP contribution is -2.52. The molecule has 3 heterocycles. The first-order valence-corrected chi connectivity index (χ1v) is 8.55. The summed E-state index contributed by atoms with van der Waals surface area (Å²) >= 11 is 0. The maximum Gasteiger partial charge on any atom is 0.221 e. The lowest BCUT2D eigenvalue weighted by atomic mass is 10.1. The van der Waals surface area contributed by atoms with Crippen LogP contribution in [0.4, 0.5) is 0 Å². The molecule has 2 atom stereocenters. The number of carbonyl (C=O) groups excluding carboxylic acids is 1. The quantitative estimate of drug-likeness (QED) is 0.838. The minimum absolute atomic E-state index is 0.00312. The molecule has 0 spiro atoms. The van der Waals surface area contributed by atoms with Gasteiger partial charge in [0.1, 0.15) is 11.9 Å². The summed E-state index contributed by atoms with van der Waals surface area (Å²) in [5.41, 5.74) is 0.948. The SMILES string of the molecule is Cc1ccc(O[C@H]2CCOC[C@H]2NC(=O)CCN2CCCO2)cn1. The molecule has 7 nitrogen and oxygen atoms in total. The van der Waals surface area contributed by atoms with E-state index < -0.39 is 0 Å². The molecule has 0 aliphatic carbocycles. The van der Waals surface area contributed by atoms with Crippen molar-refractivity contribution in [2.45, 2.75) is 38.3 Å². The molecule has 0 unspecified atom stereocenters. The fourth-order valence-corrected chi connectivity index (χ4v) is 2.87. The van der Waals surface area contributed by atoms with Crippen molar-refractivity contribution >= 4 is 5.91 Å². The van der Waals surface area contributed by atoms with E-state index in [1.54, 1.807) is 6.20 Å². The zero-order valence-electron chi connectivity index (χ0n) is 14.1. The molecule has 2 aliphatic rings. The number of rotatable bonds is 6. The molecule has 0 radical (unpaired) electrons. The summed E-state index contributed by atoms with van der Waals surface area (Å²) in [4.78, 5) is 21.8. The number of nitrogens with zero attached hydrogens (tertiary/aromatic N) is 2. The highest BCUT2D eigenvalue weighted by molar-refractivity contribution is 5.76. The van der Waals surface area contributed by atoms with Gasteiger partial charge in [0, 0.05) is 31.6 Å². The molecule has 0 bridgehead atoms. The molecular weight excluding hydrogens is 310 g/mol. The maximum absolute atomic E-state index is 12.2. The van der Waals surface area contributed by atoms with Crippen LogP contribution in [0.3, 0.4) is 0 Å². The summed E-state index contributed by atoms with van der Waals surface area (Å²) in [7, 11) is 0. The normalized spacial score (nSPS) is 24.7. The van der Waals surface area contributed by atoms with E-state index in [1.165, 1.54) is 0 Å². The molecule has 2 fully saturated rings. The smallest absolute Gasteiger partial charge is 0.221 e. The monoisotopic (exact) mass is 335 g/mol. The Kier molecular flexibility index (Phi) is 6.01. The molecule has 1 N–H and O–H groups in total. The standard InChI is InChI=1S/C17H25N3O4/c1-13-3-4-14(11-18-13)24-16-6-10-22-12-15(16)19-17(21)5-8-20-7-2-9-23-20/h3-4,11,15-16H,2,5-10,12H2,1H3,(H,19,21)/t15-,16+/m1/s1. The Balaban J connectivity index is 1.49. The zero-order chi connectivity index (χ0) is 16.8. The largest absolute Gasteiger partial charge is 0.486 e. The molecule has 3 rings (SSSR count). The molecule has 0 saturated carbocycles. The summed E-state index contributed by atoms with van der Waals surface area (Å²) in [6.07, 6.45) is 3.80. The second kappa shape index (κ2) is 8.41. The highest BCUT2D eigenvalue weighted by atomic mass is 16.7. The van der Waals surface area contributed by atoms with Gasteiger partial charge in [-0.15, -0.1) is 0 Å². The average molecular weight is 335 g/mol. The Bertz CT molecular complexity index is 531. The summed E-state index contributed by atoms with van der Waals surface area (Å²) in [6.45, 7) is 5.30. The third kappa shape index (κ3) is 4.90. The Morgan fingerprint density at radius 2 is 2.38 bits per heavy atom. The van der Waals surface area contributed by atoms with E-state index >= 15 is 0 Å². The molecule has 1 aromatic rings. The minimum Gasteiger partial charge on any atom is -0.486 e. The summed E-state index contributed by atoms with van der Waals surface area (Å²) in [5, 5.41) is 4.88. The number of aromatic nitrogens is 1. The van der Waals surface area contributed by atoms with Gasteiger partial charge in [0.2, 0.25) is 5.91 Å². The van der Waals surface area contributed by atoms with Gasteiger partial charge >= 0.3 is 0 Å². The number of amides is 1. The predicted octanol–water partition coefficient (Wildman–Crippen LogP) is 1.07. The van der Waals surface area contributed by atoms with Gasteiger partial charge in [0.25, 0.3) is 0 Å². The number of hydroxylamine groups is 2. The lowest BCUT2D eigenvalue weighted by Gasteiger charge is -2.32. The third-order valence-corrected chi connectivity index (χ3v) is 4.22. The van der Waals surface area contributed by atoms with Crippen molar-refractivity contribution < 1.29 is 19.1 Å². The molecule has 1 aromatic heterocycles. The molecule has 2 aliphatic heterocycles. The van der Waals surface area contributed by atoms with Crippen LogP contribution < -0.4 is 10.1 Å². The molecule has 24 heavy (non-hydrogen) atoms. The van der Waals surface area contributed by atoms with Crippen molar-refractivity contribution in [1.29, 1.82) is 0 Å². The van der Waals surface area contributed by atoms with Crippen LogP contribution >= 0.6 is 0 Å². The Hall–Kier alpha value is -1.70. The highest BCUT2D eigenvalue weighted by Gasteiger charge is 2.29. The van der Waals surface area contributed by atoms with Crippen LogP contribution in [0.2, 0.25) is 0 Å². The number of ether oxygens (including phenoxy) is 2. The van der Waals surface area contributed by atoms with Crippen molar-refractivity contribution in [2.75, 3.05) is 32.9 Å². The van der Waals surface area contributed by atoms with E-state index in [4.69, 9.17) is 14.3 Å². The van der Waals surface area contributed by atoms with E-state index in [0.29, 0.717) is 26.2 Å². The molecule has 132 valence electrons. The summed E-state index contributed by atoms with van der Waals surface area (Å²) in [5.74, 6) is 0.717. The van der Waals surface area contributed by atoms with E-state index in [2.05, 4.69) is 10.3 Å². The van der Waals surface area contributed by atoms with Gasteiger partial charge in [-0.25, -0.2) is 0 Å². The average Bonchev–Trinajstić information content (AvgIpc) is 3.10. The van der Waals surface area contributed by atoms with E-state index in [9.17, 15) is 4.79 Å². The van der Waals surface area contributed by atoms with Crippen molar-refractivity contribution in [3.63, 3.8) is 0 Å². The van der Waals surface area contributed by atoms with Crippen LogP contribution in [-0.4, -0.2) is 61.0 Å². The maximum atomic E-state index is 12.2. The van der Waals surface area contributed by atoms with Crippen molar-refractivity contribution in [3.8, 4) is 5.75 Å². The minimum atomic E-state index is -0.146. The second-order valence-corrected chi connectivity index (χ2v) is 6.19. The topological polar surface area (TPSA) is 72.9 Å². The zero-order valence-corrected chi connectivity index (χ0v) is 14.1. The van der Waals surface area contributed by atoms with Crippen LogP contribution in [0, 0.1) is 6.92 Å². The first-order valence-electron chi connectivity index (χ1n) is 8.55. The molecule has 0 aromatic carbocycles. The van der Waals surface area contributed by atoms with Gasteiger partial charge in [-0.2, -0.15) is 5.06 Å². The van der Waals surface area contributed by atoms with Crippen molar-refractivity contribution in [1.82, 2.24) is 15.4 Å².